The van der Waals surface area contributed by atoms with Crippen LogP contribution in [0.25, 0.3) is 0 Å². The standard InChI is InChI=1S/C14H26N2O/c1-11-7-9-16(10-12(11)2)14(17)6-5-13-4-3-8-15-13/h11-13,15H,3-10H2,1-2H3. The van der Waals surface area contributed by atoms with Crippen LogP contribution < -0.4 is 5.32 Å². The zero-order valence-corrected chi connectivity index (χ0v) is 11.2. The summed E-state index contributed by atoms with van der Waals surface area (Å²) >= 11 is 0. The third-order valence-corrected chi connectivity index (χ3v) is 4.56. The molecule has 3 atom stereocenters. The minimum atomic E-state index is 0.373. The van der Waals surface area contributed by atoms with Gasteiger partial charge in [0.05, 0.1) is 0 Å². The molecule has 0 bridgehead atoms. The van der Waals surface area contributed by atoms with Gasteiger partial charge in [0.15, 0.2) is 0 Å². The Hall–Kier alpha value is -0.570. The third-order valence-electron chi connectivity index (χ3n) is 4.56. The molecule has 0 aromatic rings. The van der Waals surface area contributed by atoms with E-state index >= 15 is 0 Å². The maximum atomic E-state index is 12.1. The predicted octanol–water partition coefficient (Wildman–Crippen LogP) is 2.02. The Labute approximate surface area is 105 Å². The molecular formula is C14H26N2O. The van der Waals surface area contributed by atoms with Crippen molar-refractivity contribution < 1.29 is 4.79 Å². The normalized spacial score (nSPS) is 34.0. The van der Waals surface area contributed by atoms with Gasteiger partial charge in [0, 0.05) is 25.6 Å². The Balaban J connectivity index is 1.72. The van der Waals surface area contributed by atoms with Crippen molar-refractivity contribution in [2.24, 2.45) is 11.8 Å². The molecule has 1 N–H and O–H groups in total. The molecule has 2 rings (SSSR count). The van der Waals surface area contributed by atoms with E-state index in [1.807, 2.05) is 0 Å². The van der Waals surface area contributed by atoms with Crippen LogP contribution in [0.3, 0.4) is 0 Å². The van der Waals surface area contributed by atoms with Crippen LogP contribution in [0.5, 0.6) is 0 Å². The van der Waals surface area contributed by atoms with E-state index in [0.717, 1.165) is 38.4 Å². The molecule has 0 aromatic heterocycles. The lowest BCUT2D eigenvalue weighted by molar-refractivity contribution is -0.133. The van der Waals surface area contributed by atoms with Crippen molar-refractivity contribution in [1.82, 2.24) is 10.2 Å². The van der Waals surface area contributed by atoms with Gasteiger partial charge in [-0.05, 0) is 44.1 Å². The first kappa shape index (κ1) is 12.9. The van der Waals surface area contributed by atoms with Crippen LogP contribution in [0.15, 0.2) is 0 Å². The number of amides is 1. The first-order valence-corrected chi connectivity index (χ1v) is 7.18. The van der Waals surface area contributed by atoms with Gasteiger partial charge in [0.2, 0.25) is 5.91 Å². The van der Waals surface area contributed by atoms with Gasteiger partial charge in [-0.1, -0.05) is 13.8 Å². The Morgan fingerprint density at radius 3 is 2.76 bits per heavy atom. The van der Waals surface area contributed by atoms with Crippen LogP contribution in [-0.2, 0) is 4.79 Å². The number of hydrogen-bond acceptors (Lipinski definition) is 2. The van der Waals surface area contributed by atoms with Gasteiger partial charge in [-0.2, -0.15) is 0 Å². The van der Waals surface area contributed by atoms with Crippen LogP contribution in [0.4, 0.5) is 0 Å². The molecule has 0 aliphatic carbocycles. The van der Waals surface area contributed by atoms with Crippen molar-refractivity contribution in [2.75, 3.05) is 19.6 Å². The second-order valence-electron chi connectivity index (χ2n) is 5.91. The van der Waals surface area contributed by atoms with Crippen LogP contribution in [0.2, 0.25) is 0 Å². The van der Waals surface area contributed by atoms with E-state index in [-0.39, 0.29) is 0 Å². The summed E-state index contributed by atoms with van der Waals surface area (Å²) in [5, 5.41) is 3.46. The largest absolute Gasteiger partial charge is 0.342 e. The highest BCUT2D eigenvalue weighted by Crippen LogP contribution is 2.23. The number of piperidine rings is 1. The lowest BCUT2D eigenvalue weighted by Gasteiger charge is -2.35. The van der Waals surface area contributed by atoms with Crippen LogP contribution in [0.1, 0.15) is 46.0 Å². The van der Waals surface area contributed by atoms with E-state index in [9.17, 15) is 4.79 Å². The molecule has 0 radical (unpaired) electrons. The molecule has 0 saturated carbocycles. The minimum absolute atomic E-state index is 0.373. The van der Waals surface area contributed by atoms with Gasteiger partial charge in [-0.15, -0.1) is 0 Å². The lowest BCUT2D eigenvalue weighted by atomic mass is 9.88. The summed E-state index contributed by atoms with van der Waals surface area (Å²) in [4.78, 5) is 14.2. The quantitative estimate of drug-likeness (QED) is 0.816. The molecule has 1 amide bonds. The minimum Gasteiger partial charge on any atom is -0.342 e. The fraction of sp³-hybridized carbons (Fsp3) is 0.929. The fourth-order valence-electron chi connectivity index (χ4n) is 2.95. The lowest BCUT2D eigenvalue weighted by Crippen LogP contribution is -2.42. The van der Waals surface area contributed by atoms with E-state index in [2.05, 4.69) is 24.1 Å². The summed E-state index contributed by atoms with van der Waals surface area (Å²) in [6, 6.07) is 0.597. The average Bonchev–Trinajstić information content (AvgIpc) is 2.82. The molecule has 0 spiro atoms. The van der Waals surface area contributed by atoms with Crippen molar-refractivity contribution in [3.8, 4) is 0 Å². The molecular weight excluding hydrogens is 212 g/mol. The summed E-state index contributed by atoms with van der Waals surface area (Å²) in [5.41, 5.74) is 0. The van der Waals surface area contributed by atoms with Gasteiger partial charge >= 0.3 is 0 Å². The monoisotopic (exact) mass is 238 g/mol. The van der Waals surface area contributed by atoms with Crippen molar-refractivity contribution in [2.45, 2.75) is 52.0 Å². The Morgan fingerprint density at radius 2 is 2.12 bits per heavy atom. The zero-order chi connectivity index (χ0) is 12.3. The predicted molar refractivity (Wildman–Crippen MR) is 69.8 cm³/mol. The topological polar surface area (TPSA) is 32.3 Å². The van der Waals surface area contributed by atoms with Crippen molar-refractivity contribution in [1.29, 1.82) is 0 Å². The van der Waals surface area contributed by atoms with Gasteiger partial charge < -0.3 is 10.2 Å². The summed E-state index contributed by atoms with van der Waals surface area (Å²) in [5.74, 6) is 1.81. The van der Waals surface area contributed by atoms with Crippen LogP contribution >= 0.6 is 0 Å². The van der Waals surface area contributed by atoms with Crippen molar-refractivity contribution >= 4 is 5.91 Å². The highest BCUT2D eigenvalue weighted by Gasteiger charge is 2.26. The van der Waals surface area contributed by atoms with Gasteiger partial charge in [-0.3, -0.25) is 4.79 Å². The molecule has 2 aliphatic heterocycles. The summed E-state index contributed by atoms with van der Waals surface area (Å²) in [7, 11) is 0. The summed E-state index contributed by atoms with van der Waals surface area (Å²) < 4.78 is 0. The average molecular weight is 238 g/mol. The van der Waals surface area contributed by atoms with E-state index in [4.69, 9.17) is 0 Å². The summed E-state index contributed by atoms with van der Waals surface area (Å²) in [6.07, 6.45) is 5.46. The molecule has 17 heavy (non-hydrogen) atoms. The number of rotatable bonds is 3. The number of nitrogens with one attached hydrogen (secondary N) is 1. The second kappa shape index (κ2) is 5.85. The SMILES string of the molecule is CC1CCN(C(=O)CCC2CCCN2)CC1C. The van der Waals surface area contributed by atoms with E-state index < -0.39 is 0 Å². The molecule has 2 fully saturated rings. The first-order valence-electron chi connectivity index (χ1n) is 7.18. The first-order chi connectivity index (χ1) is 8.16. The number of likely N-dealkylation sites (tertiary alicyclic amines) is 1. The zero-order valence-electron chi connectivity index (χ0n) is 11.2. The molecule has 2 heterocycles. The molecule has 3 heteroatoms. The Morgan fingerprint density at radius 1 is 1.29 bits per heavy atom. The van der Waals surface area contributed by atoms with E-state index in [1.165, 1.54) is 19.3 Å². The van der Waals surface area contributed by atoms with Gasteiger partial charge in [-0.25, -0.2) is 0 Å². The fourth-order valence-corrected chi connectivity index (χ4v) is 2.95. The molecule has 3 unspecified atom stereocenters. The maximum Gasteiger partial charge on any atom is 0.222 e. The number of nitrogens with zero attached hydrogens (tertiary/aromatic N) is 1. The highest BCUT2D eigenvalue weighted by atomic mass is 16.2. The second-order valence-corrected chi connectivity index (χ2v) is 5.91. The number of hydrogen-bond donors (Lipinski definition) is 1. The molecule has 0 aromatic carbocycles. The smallest absolute Gasteiger partial charge is 0.222 e. The van der Waals surface area contributed by atoms with Crippen LogP contribution in [0, 0.1) is 11.8 Å². The van der Waals surface area contributed by atoms with Crippen molar-refractivity contribution in [3.05, 3.63) is 0 Å². The van der Waals surface area contributed by atoms with Gasteiger partial charge in [0.1, 0.15) is 0 Å². The number of carbonyl (C=O) groups excluding carboxylic acids is 1. The third kappa shape index (κ3) is 3.44. The summed E-state index contributed by atoms with van der Waals surface area (Å²) in [6.45, 7) is 7.65. The van der Waals surface area contributed by atoms with E-state index in [0.29, 0.717) is 17.9 Å². The highest BCUT2D eigenvalue weighted by molar-refractivity contribution is 5.76. The molecule has 2 saturated heterocycles. The molecule has 98 valence electrons. The van der Waals surface area contributed by atoms with Gasteiger partial charge in [0.25, 0.3) is 0 Å². The van der Waals surface area contributed by atoms with Crippen LogP contribution in [-0.4, -0.2) is 36.5 Å². The van der Waals surface area contributed by atoms with Crippen molar-refractivity contribution in [3.63, 3.8) is 0 Å². The molecule has 2 aliphatic rings. The van der Waals surface area contributed by atoms with E-state index in [1.54, 1.807) is 0 Å². The molecule has 3 nitrogen and oxygen atoms in total. The Bertz CT molecular complexity index is 261. The maximum absolute atomic E-state index is 12.1. The number of carbonyl (C=O) groups is 1. The Kier molecular flexibility index (Phi) is 4.43.